The molecule has 2 rings (SSSR count). The molecule has 2 atom stereocenters. The van der Waals surface area contributed by atoms with E-state index in [1.807, 2.05) is 18.2 Å². The van der Waals surface area contributed by atoms with Crippen LogP contribution in [-0.4, -0.2) is 41.2 Å². The van der Waals surface area contributed by atoms with Gasteiger partial charge in [0.15, 0.2) is 0 Å². The molecule has 0 bridgehead atoms. The van der Waals surface area contributed by atoms with E-state index in [9.17, 15) is 9.90 Å². The molecule has 0 spiro atoms. The van der Waals surface area contributed by atoms with Crippen LogP contribution < -0.4 is 10.6 Å². The van der Waals surface area contributed by atoms with E-state index in [0.29, 0.717) is 19.4 Å². The van der Waals surface area contributed by atoms with Gasteiger partial charge < -0.3 is 15.7 Å². The summed E-state index contributed by atoms with van der Waals surface area (Å²) < 4.78 is 0. The van der Waals surface area contributed by atoms with Crippen LogP contribution in [0.15, 0.2) is 24.4 Å². The third-order valence-electron chi connectivity index (χ3n) is 3.13. The Morgan fingerprint density at radius 1 is 1.56 bits per heavy atom. The number of pyridine rings is 1. The van der Waals surface area contributed by atoms with Crippen molar-refractivity contribution in [2.75, 3.05) is 13.1 Å². The van der Waals surface area contributed by atoms with Crippen molar-refractivity contribution in [1.82, 2.24) is 15.6 Å². The Bertz CT molecular complexity index is 383. The zero-order valence-corrected chi connectivity index (χ0v) is 10.3. The summed E-state index contributed by atoms with van der Waals surface area (Å²) in [6, 6.07) is 5.56. The maximum atomic E-state index is 11.8. The number of nitrogens with one attached hydrogen (secondary N) is 2. The molecule has 5 nitrogen and oxygen atoms in total. The number of aliphatic hydroxyl groups excluding tert-OH is 1. The molecule has 1 aromatic rings. The molecule has 1 amide bonds. The van der Waals surface area contributed by atoms with Crippen LogP contribution in [0.4, 0.5) is 0 Å². The highest BCUT2D eigenvalue weighted by Crippen LogP contribution is 2.05. The van der Waals surface area contributed by atoms with Crippen LogP contribution >= 0.6 is 0 Å². The van der Waals surface area contributed by atoms with Crippen molar-refractivity contribution >= 4 is 5.91 Å². The van der Waals surface area contributed by atoms with E-state index in [-0.39, 0.29) is 11.9 Å². The fraction of sp³-hybridized carbons (Fsp3) is 0.538. The van der Waals surface area contributed by atoms with Gasteiger partial charge in [0.1, 0.15) is 0 Å². The zero-order valence-electron chi connectivity index (χ0n) is 10.3. The summed E-state index contributed by atoms with van der Waals surface area (Å²) in [4.78, 5) is 15.9. The van der Waals surface area contributed by atoms with Gasteiger partial charge in [0.05, 0.1) is 12.1 Å². The summed E-state index contributed by atoms with van der Waals surface area (Å²) in [7, 11) is 0. The molecule has 0 saturated carbocycles. The molecular weight excluding hydrogens is 230 g/mol. The van der Waals surface area contributed by atoms with Crippen molar-refractivity contribution in [3.63, 3.8) is 0 Å². The molecule has 1 aliphatic rings. The van der Waals surface area contributed by atoms with Crippen LogP contribution in [0, 0.1) is 0 Å². The Labute approximate surface area is 107 Å². The van der Waals surface area contributed by atoms with Crippen LogP contribution in [0.5, 0.6) is 0 Å². The van der Waals surface area contributed by atoms with Gasteiger partial charge in [-0.2, -0.15) is 0 Å². The third kappa shape index (κ3) is 3.78. The summed E-state index contributed by atoms with van der Waals surface area (Å²) in [5.41, 5.74) is 0.915. The van der Waals surface area contributed by atoms with E-state index in [2.05, 4.69) is 15.6 Å². The molecule has 1 fully saturated rings. The number of piperidine rings is 1. The van der Waals surface area contributed by atoms with E-state index >= 15 is 0 Å². The number of aromatic nitrogens is 1. The number of aryl methyl sites for hydroxylation is 1. The highest BCUT2D eigenvalue weighted by atomic mass is 16.3. The molecule has 1 saturated heterocycles. The van der Waals surface area contributed by atoms with Gasteiger partial charge in [-0.1, -0.05) is 6.07 Å². The van der Waals surface area contributed by atoms with Crippen LogP contribution in [0.3, 0.4) is 0 Å². The lowest BCUT2D eigenvalue weighted by molar-refractivity contribution is -0.122. The molecule has 5 heteroatoms. The van der Waals surface area contributed by atoms with Crippen molar-refractivity contribution in [3.8, 4) is 0 Å². The molecule has 0 aliphatic carbocycles. The van der Waals surface area contributed by atoms with Gasteiger partial charge in [-0.15, -0.1) is 0 Å². The standard InChI is InChI=1S/C13H19N3O2/c17-12-9-14-8-6-11(12)16-13(18)5-4-10-3-1-2-7-15-10/h1-3,7,11-12,14,17H,4-6,8-9H2,(H,16,18)/t11-,12-/m1/s1. The monoisotopic (exact) mass is 249 g/mol. The third-order valence-corrected chi connectivity index (χ3v) is 3.13. The van der Waals surface area contributed by atoms with Gasteiger partial charge in [-0.05, 0) is 31.5 Å². The highest BCUT2D eigenvalue weighted by molar-refractivity contribution is 5.76. The molecule has 0 radical (unpaired) electrons. The number of hydrogen-bond donors (Lipinski definition) is 3. The molecule has 18 heavy (non-hydrogen) atoms. The van der Waals surface area contributed by atoms with Crippen LogP contribution in [0.1, 0.15) is 18.5 Å². The first-order valence-electron chi connectivity index (χ1n) is 6.34. The predicted octanol–water partition coefficient (Wildman–Crippen LogP) is -0.147. The topological polar surface area (TPSA) is 74.2 Å². The number of nitrogens with zero attached hydrogens (tertiary/aromatic N) is 1. The summed E-state index contributed by atoms with van der Waals surface area (Å²) in [6.07, 6.45) is 3.05. The number of carbonyl (C=O) groups is 1. The lowest BCUT2D eigenvalue weighted by atomic mass is 10.0. The minimum absolute atomic E-state index is 0.0217. The first-order chi connectivity index (χ1) is 8.75. The fourth-order valence-corrected chi connectivity index (χ4v) is 2.08. The number of aliphatic hydroxyl groups is 1. The van der Waals surface area contributed by atoms with Crippen LogP contribution in [-0.2, 0) is 11.2 Å². The molecule has 3 N–H and O–H groups in total. The van der Waals surface area contributed by atoms with Crippen molar-refractivity contribution in [1.29, 1.82) is 0 Å². The first kappa shape index (κ1) is 13.0. The highest BCUT2D eigenvalue weighted by Gasteiger charge is 2.23. The van der Waals surface area contributed by atoms with Gasteiger partial charge in [-0.3, -0.25) is 9.78 Å². The second-order valence-electron chi connectivity index (χ2n) is 4.56. The SMILES string of the molecule is O=C(CCc1ccccn1)N[C@@H]1CCNC[C@H]1O. The van der Waals surface area contributed by atoms with E-state index in [1.165, 1.54) is 0 Å². The van der Waals surface area contributed by atoms with Crippen LogP contribution in [0.25, 0.3) is 0 Å². The molecule has 98 valence electrons. The second-order valence-corrected chi connectivity index (χ2v) is 4.56. The van der Waals surface area contributed by atoms with E-state index in [4.69, 9.17) is 0 Å². The fourth-order valence-electron chi connectivity index (χ4n) is 2.08. The molecule has 2 heterocycles. The van der Waals surface area contributed by atoms with Crippen molar-refractivity contribution in [2.24, 2.45) is 0 Å². The largest absolute Gasteiger partial charge is 0.390 e. The van der Waals surface area contributed by atoms with E-state index in [0.717, 1.165) is 18.7 Å². The number of amides is 1. The van der Waals surface area contributed by atoms with Crippen molar-refractivity contribution < 1.29 is 9.90 Å². The number of rotatable bonds is 4. The number of hydrogen-bond acceptors (Lipinski definition) is 4. The smallest absolute Gasteiger partial charge is 0.220 e. The summed E-state index contributed by atoms with van der Waals surface area (Å²) in [5.74, 6) is -0.0217. The Kier molecular flexibility index (Phi) is 4.66. The lowest BCUT2D eigenvalue weighted by Crippen LogP contribution is -2.52. The normalized spacial score (nSPS) is 23.6. The maximum absolute atomic E-state index is 11.8. The Balaban J connectivity index is 1.75. The van der Waals surface area contributed by atoms with Gasteiger partial charge in [0, 0.05) is 24.9 Å². The minimum Gasteiger partial charge on any atom is -0.390 e. The number of carbonyl (C=O) groups excluding carboxylic acids is 1. The van der Waals surface area contributed by atoms with E-state index < -0.39 is 6.10 Å². The first-order valence-corrected chi connectivity index (χ1v) is 6.34. The van der Waals surface area contributed by atoms with Crippen molar-refractivity contribution in [3.05, 3.63) is 30.1 Å². The zero-order chi connectivity index (χ0) is 12.8. The lowest BCUT2D eigenvalue weighted by Gasteiger charge is -2.29. The Morgan fingerprint density at radius 3 is 3.17 bits per heavy atom. The van der Waals surface area contributed by atoms with Gasteiger partial charge in [-0.25, -0.2) is 0 Å². The Hall–Kier alpha value is -1.46. The predicted molar refractivity (Wildman–Crippen MR) is 68.0 cm³/mol. The van der Waals surface area contributed by atoms with Gasteiger partial charge in [0.2, 0.25) is 5.91 Å². The minimum atomic E-state index is -0.488. The average molecular weight is 249 g/mol. The average Bonchev–Trinajstić information content (AvgIpc) is 2.40. The molecule has 1 aromatic heterocycles. The van der Waals surface area contributed by atoms with E-state index in [1.54, 1.807) is 6.20 Å². The number of β-amino-alcohol motifs (C(OH)–C–C–N with tert-alkyl or cyclic N) is 1. The van der Waals surface area contributed by atoms with Crippen molar-refractivity contribution in [2.45, 2.75) is 31.4 Å². The molecule has 1 aliphatic heterocycles. The summed E-state index contributed by atoms with van der Waals surface area (Å²) >= 11 is 0. The summed E-state index contributed by atoms with van der Waals surface area (Å²) in [5, 5.41) is 15.7. The molecule has 0 unspecified atom stereocenters. The second kappa shape index (κ2) is 6.47. The van der Waals surface area contributed by atoms with Crippen LogP contribution in [0.2, 0.25) is 0 Å². The molecule has 0 aromatic carbocycles. The van der Waals surface area contributed by atoms with Gasteiger partial charge >= 0.3 is 0 Å². The molecular formula is C13H19N3O2. The maximum Gasteiger partial charge on any atom is 0.220 e. The van der Waals surface area contributed by atoms with Gasteiger partial charge in [0.25, 0.3) is 0 Å². The summed E-state index contributed by atoms with van der Waals surface area (Å²) in [6.45, 7) is 1.38. The Morgan fingerprint density at radius 2 is 2.44 bits per heavy atom. The quantitative estimate of drug-likeness (QED) is 0.694.